The molecule has 6 heteroatoms. The number of rotatable bonds is 6. The molecule has 0 aliphatic heterocycles. The Morgan fingerprint density at radius 2 is 2.00 bits per heavy atom. The lowest BCUT2D eigenvalue weighted by molar-refractivity contribution is 0.278. The molecule has 1 fully saturated rings. The van der Waals surface area contributed by atoms with E-state index >= 15 is 0 Å². The third kappa shape index (κ3) is 3.61. The van der Waals surface area contributed by atoms with E-state index in [-0.39, 0.29) is 6.61 Å². The Balaban J connectivity index is 1.62. The molecule has 4 heterocycles. The SMILES string of the molecule is CNC1CCC(c2ccc3[nH]c(-c4cn(CCO)c5ncccc45)c(C(C)C)c3n2)CC1. The lowest BCUT2D eigenvalue weighted by Gasteiger charge is -2.27. The maximum absolute atomic E-state index is 9.53. The second-order valence-corrected chi connectivity index (χ2v) is 9.37. The molecule has 4 aromatic rings. The predicted octanol–water partition coefficient (Wildman–Crippen LogP) is 4.94. The Kier molecular flexibility index (Phi) is 5.74. The summed E-state index contributed by atoms with van der Waals surface area (Å²) in [5, 5.41) is 14.1. The molecule has 5 rings (SSSR count). The smallest absolute Gasteiger partial charge is 0.140 e. The van der Waals surface area contributed by atoms with Crippen LogP contribution in [0.3, 0.4) is 0 Å². The summed E-state index contributed by atoms with van der Waals surface area (Å²) in [4.78, 5) is 13.5. The van der Waals surface area contributed by atoms with Crippen LogP contribution in [0.25, 0.3) is 33.3 Å². The van der Waals surface area contributed by atoms with Gasteiger partial charge in [-0.2, -0.15) is 0 Å². The van der Waals surface area contributed by atoms with Gasteiger partial charge in [0.25, 0.3) is 0 Å². The molecule has 0 radical (unpaired) electrons. The number of pyridine rings is 2. The highest BCUT2D eigenvalue weighted by molar-refractivity contribution is 5.98. The quantitative estimate of drug-likeness (QED) is 0.404. The largest absolute Gasteiger partial charge is 0.395 e. The van der Waals surface area contributed by atoms with Gasteiger partial charge in [-0.15, -0.1) is 0 Å². The van der Waals surface area contributed by atoms with E-state index in [1.54, 1.807) is 0 Å². The van der Waals surface area contributed by atoms with Crippen molar-refractivity contribution in [2.45, 2.75) is 64.0 Å². The summed E-state index contributed by atoms with van der Waals surface area (Å²) < 4.78 is 2.04. The van der Waals surface area contributed by atoms with E-state index < -0.39 is 0 Å². The van der Waals surface area contributed by atoms with Gasteiger partial charge in [-0.3, -0.25) is 4.98 Å². The number of aliphatic hydroxyl groups is 1. The van der Waals surface area contributed by atoms with Crippen molar-refractivity contribution in [2.24, 2.45) is 0 Å². The van der Waals surface area contributed by atoms with Gasteiger partial charge in [-0.1, -0.05) is 13.8 Å². The Labute approximate surface area is 189 Å². The third-order valence-corrected chi connectivity index (χ3v) is 7.08. The predicted molar refractivity (Wildman–Crippen MR) is 130 cm³/mol. The molecule has 1 aliphatic rings. The molecule has 1 saturated carbocycles. The number of aromatic nitrogens is 4. The number of nitrogens with zero attached hydrogens (tertiary/aromatic N) is 3. The summed E-state index contributed by atoms with van der Waals surface area (Å²) in [6.45, 7) is 5.10. The fourth-order valence-electron chi connectivity index (χ4n) is 5.38. The van der Waals surface area contributed by atoms with Gasteiger partial charge in [0.15, 0.2) is 0 Å². The van der Waals surface area contributed by atoms with Crippen molar-refractivity contribution in [3.63, 3.8) is 0 Å². The molecule has 6 nitrogen and oxygen atoms in total. The summed E-state index contributed by atoms with van der Waals surface area (Å²) in [7, 11) is 2.07. The van der Waals surface area contributed by atoms with Crippen molar-refractivity contribution >= 4 is 22.1 Å². The van der Waals surface area contributed by atoms with E-state index in [2.05, 4.69) is 60.6 Å². The minimum atomic E-state index is 0.0875. The van der Waals surface area contributed by atoms with Crippen LogP contribution in [0.4, 0.5) is 0 Å². The van der Waals surface area contributed by atoms with Crippen molar-refractivity contribution in [3.8, 4) is 11.3 Å². The fraction of sp³-hybridized carbons (Fsp3) is 0.462. The van der Waals surface area contributed by atoms with Crippen LogP contribution >= 0.6 is 0 Å². The Morgan fingerprint density at radius 1 is 1.19 bits per heavy atom. The van der Waals surface area contributed by atoms with Crippen LogP contribution in [0.1, 0.15) is 62.6 Å². The minimum absolute atomic E-state index is 0.0875. The van der Waals surface area contributed by atoms with Crippen LogP contribution in [0, 0.1) is 0 Å². The minimum Gasteiger partial charge on any atom is -0.395 e. The maximum atomic E-state index is 9.53. The molecule has 0 aromatic carbocycles. The van der Waals surface area contributed by atoms with Gasteiger partial charge in [0.2, 0.25) is 0 Å². The summed E-state index contributed by atoms with van der Waals surface area (Å²) in [6.07, 6.45) is 8.74. The average molecular weight is 432 g/mol. The highest BCUT2D eigenvalue weighted by Crippen LogP contribution is 2.40. The van der Waals surface area contributed by atoms with Gasteiger partial charge in [0.1, 0.15) is 5.65 Å². The molecule has 32 heavy (non-hydrogen) atoms. The third-order valence-electron chi connectivity index (χ3n) is 7.08. The van der Waals surface area contributed by atoms with Crippen molar-refractivity contribution in [1.29, 1.82) is 0 Å². The molecular weight excluding hydrogens is 398 g/mol. The fourth-order valence-corrected chi connectivity index (χ4v) is 5.38. The topological polar surface area (TPSA) is 78.8 Å². The van der Waals surface area contributed by atoms with E-state index in [0.29, 0.717) is 24.4 Å². The lowest BCUT2D eigenvalue weighted by atomic mass is 9.84. The van der Waals surface area contributed by atoms with Crippen molar-refractivity contribution in [1.82, 2.24) is 24.8 Å². The molecular formula is C26H33N5O. The van der Waals surface area contributed by atoms with Crippen molar-refractivity contribution in [3.05, 3.63) is 47.9 Å². The number of hydrogen-bond acceptors (Lipinski definition) is 4. The van der Waals surface area contributed by atoms with Crippen LogP contribution in [-0.4, -0.2) is 44.3 Å². The molecule has 3 N–H and O–H groups in total. The van der Waals surface area contributed by atoms with Gasteiger partial charge >= 0.3 is 0 Å². The van der Waals surface area contributed by atoms with Gasteiger partial charge < -0.3 is 20.0 Å². The molecule has 1 aliphatic carbocycles. The van der Waals surface area contributed by atoms with Crippen molar-refractivity contribution < 1.29 is 5.11 Å². The normalized spacial score (nSPS) is 19.4. The monoisotopic (exact) mass is 431 g/mol. The second-order valence-electron chi connectivity index (χ2n) is 9.37. The first-order valence-electron chi connectivity index (χ1n) is 11.9. The number of aromatic amines is 1. The van der Waals surface area contributed by atoms with Crippen molar-refractivity contribution in [2.75, 3.05) is 13.7 Å². The summed E-state index contributed by atoms with van der Waals surface area (Å²) >= 11 is 0. The van der Waals surface area contributed by atoms with Crippen LogP contribution in [0.2, 0.25) is 0 Å². The number of aliphatic hydroxyl groups excluding tert-OH is 1. The zero-order chi connectivity index (χ0) is 22.2. The number of H-pyrrole nitrogens is 1. The Morgan fingerprint density at radius 3 is 2.72 bits per heavy atom. The Bertz CT molecular complexity index is 1230. The highest BCUT2D eigenvalue weighted by atomic mass is 16.3. The first-order chi connectivity index (χ1) is 15.6. The van der Waals surface area contributed by atoms with Crippen LogP contribution < -0.4 is 5.32 Å². The first-order valence-corrected chi connectivity index (χ1v) is 11.9. The molecule has 0 bridgehead atoms. The van der Waals surface area contributed by atoms with Gasteiger partial charge in [-0.25, -0.2) is 4.98 Å². The maximum Gasteiger partial charge on any atom is 0.140 e. The summed E-state index contributed by atoms with van der Waals surface area (Å²) in [5.74, 6) is 0.868. The van der Waals surface area contributed by atoms with E-state index in [0.717, 1.165) is 33.3 Å². The zero-order valence-electron chi connectivity index (χ0n) is 19.2. The van der Waals surface area contributed by atoms with E-state index in [4.69, 9.17) is 4.98 Å². The standard InChI is InChI=1S/C26H33N5O/c1-16(2)23-24(20-15-31(13-14-32)26-19(20)5-4-12-28-26)30-22-11-10-21(29-25(22)23)17-6-8-18(27-3)9-7-17/h4-5,10-12,15-18,27,30,32H,6-9,13-14H2,1-3H3. The van der Waals surface area contributed by atoms with Gasteiger partial charge in [-0.05, 0) is 62.9 Å². The van der Waals surface area contributed by atoms with E-state index in [1.165, 1.54) is 36.9 Å². The first kappa shape index (κ1) is 21.2. The molecule has 168 valence electrons. The van der Waals surface area contributed by atoms with Crippen LogP contribution in [-0.2, 0) is 6.54 Å². The highest BCUT2D eigenvalue weighted by Gasteiger charge is 2.25. The Hall–Kier alpha value is -2.70. The second kappa shape index (κ2) is 8.68. The lowest BCUT2D eigenvalue weighted by Crippen LogP contribution is -2.29. The van der Waals surface area contributed by atoms with Crippen LogP contribution in [0.5, 0.6) is 0 Å². The number of fused-ring (bicyclic) bond motifs is 2. The molecule has 4 aromatic heterocycles. The van der Waals surface area contributed by atoms with Gasteiger partial charge in [0.05, 0.1) is 23.3 Å². The van der Waals surface area contributed by atoms with E-state index in [9.17, 15) is 5.11 Å². The number of hydrogen-bond donors (Lipinski definition) is 3. The molecule has 0 saturated heterocycles. The van der Waals surface area contributed by atoms with Crippen LogP contribution in [0.15, 0.2) is 36.7 Å². The molecule has 0 spiro atoms. The zero-order valence-corrected chi connectivity index (χ0v) is 19.2. The molecule has 0 unspecified atom stereocenters. The summed E-state index contributed by atoms with van der Waals surface area (Å²) in [6, 6.07) is 9.16. The van der Waals surface area contributed by atoms with E-state index in [1.807, 2.05) is 16.8 Å². The molecule has 0 atom stereocenters. The van der Waals surface area contributed by atoms with Gasteiger partial charge in [0, 0.05) is 53.1 Å². The molecule has 0 amide bonds. The summed E-state index contributed by atoms with van der Waals surface area (Å²) in [5.41, 5.74) is 7.81. The average Bonchev–Trinajstić information content (AvgIpc) is 3.37. The number of nitrogens with one attached hydrogen (secondary N) is 2.